The topological polar surface area (TPSA) is 29.9 Å². The van der Waals surface area contributed by atoms with E-state index in [-0.39, 0.29) is 6.04 Å². The molecule has 0 aliphatic rings. The molecular weight excluding hydrogens is 258 g/mol. The van der Waals surface area contributed by atoms with Crippen molar-refractivity contribution >= 4 is 11.6 Å². The first-order valence-corrected chi connectivity index (χ1v) is 7.04. The monoisotopic (exact) mass is 277 g/mol. The van der Waals surface area contributed by atoms with E-state index in [0.717, 1.165) is 24.4 Å². The molecule has 0 aliphatic heterocycles. The van der Waals surface area contributed by atoms with Crippen molar-refractivity contribution in [3.05, 3.63) is 52.8 Å². The molecule has 1 unspecified atom stereocenters. The predicted molar refractivity (Wildman–Crippen MR) is 79.4 cm³/mol. The summed E-state index contributed by atoms with van der Waals surface area (Å²) in [6.07, 6.45) is 5.97. The number of rotatable bonds is 6. The molecule has 0 fully saturated rings. The van der Waals surface area contributed by atoms with E-state index < -0.39 is 0 Å². The number of halogens is 1. The van der Waals surface area contributed by atoms with Crippen LogP contribution >= 0.6 is 11.6 Å². The van der Waals surface area contributed by atoms with Crippen LogP contribution in [0.2, 0.25) is 5.02 Å². The van der Waals surface area contributed by atoms with Gasteiger partial charge in [0.15, 0.2) is 0 Å². The summed E-state index contributed by atoms with van der Waals surface area (Å²) < 4.78 is 1.84. The molecular formula is C15H20ClN3. The Morgan fingerprint density at radius 3 is 2.79 bits per heavy atom. The van der Waals surface area contributed by atoms with Crippen LogP contribution in [0.25, 0.3) is 0 Å². The Labute approximate surface area is 119 Å². The number of aromatic nitrogens is 2. The molecule has 4 heteroatoms. The SMILES string of the molecule is CCCNC(Cc1ccccc1Cl)c1cnn(C)c1. The standard InChI is InChI=1S/C15H20ClN3/c1-3-8-17-15(13-10-18-19(2)11-13)9-12-6-4-5-7-14(12)16/h4-7,10-11,15,17H,3,8-9H2,1-2H3. The van der Waals surface area contributed by atoms with Crippen molar-refractivity contribution in [3.8, 4) is 0 Å². The molecule has 0 aliphatic carbocycles. The lowest BCUT2D eigenvalue weighted by Gasteiger charge is -2.18. The smallest absolute Gasteiger partial charge is 0.0537 e. The Morgan fingerprint density at radius 2 is 2.16 bits per heavy atom. The molecule has 1 aromatic carbocycles. The Kier molecular flexibility index (Phi) is 5.00. The van der Waals surface area contributed by atoms with Crippen molar-refractivity contribution in [2.24, 2.45) is 7.05 Å². The van der Waals surface area contributed by atoms with Gasteiger partial charge in [0, 0.05) is 29.9 Å². The van der Waals surface area contributed by atoms with Crippen molar-refractivity contribution < 1.29 is 0 Å². The van der Waals surface area contributed by atoms with Crippen LogP contribution in [0, 0.1) is 0 Å². The highest BCUT2D eigenvalue weighted by atomic mass is 35.5. The van der Waals surface area contributed by atoms with Gasteiger partial charge in [-0.05, 0) is 31.0 Å². The van der Waals surface area contributed by atoms with Crippen molar-refractivity contribution in [1.82, 2.24) is 15.1 Å². The molecule has 19 heavy (non-hydrogen) atoms. The maximum atomic E-state index is 6.25. The van der Waals surface area contributed by atoms with E-state index in [9.17, 15) is 0 Å². The largest absolute Gasteiger partial charge is 0.310 e. The number of hydrogen-bond acceptors (Lipinski definition) is 2. The quantitative estimate of drug-likeness (QED) is 0.877. The fourth-order valence-corrected chi connectivity index (χ4v) is 2.34. The summed E-state index contributed by atoms with van der Waals surface area (Å²) in [5.41, 5.74) is 2.37. The fraction of sp³-hybridized carbons (Fsp3) is 0.400. The zero-order valence-electron chi connectivity index (χ0n) is 11.4. The van der Waals surface area contributed by atoms with Crippen LogP contribution in [0.5, 0.6) is 0 Å². The third-order valence-corrected chi connectivity index (χ3v) is 3.52. The van der Waals surface area contributed by atoms with Gasteiger partial charge in [0.25, 0.3) is 0 Å². The number of benzene rings is 1. The minimum Gasteiger partial charge on any atom is -0.310 e. The molecule has 1 atom stereocenters. The van der Waals surface area contributed by atoms with Gasteiger partial charge in [-0.3, -0.25) is 4.68 Å². The van der Waals surface area contributed by atoms with Crippen molar-refractivity contribution in [1.29, 1.82) is 0 Å². The Morgan fingerprint density at radius 1 is 1.37 bits per heavy atom. The van der Waals surface area contributed by atoms with E-state index in [2.05, 4.69) is 29.6 Å². The third kappa shape index (κ3) is 3.82. The third-order valence-electron chi connectivity index (χ3n) is 3.15. The lowest BCUT2D eigenvalue weighted by molar-refractivity contribution is 0.529. The molecule has 0 saturated carbocycles. The maximum Gasteiger partial charge on any atom is 0.0537 e. The summed E-state index contributed by atoms with van der Waals surface area (Å²) in [6.45, 7) is 3.16. The molecule has 0 saturated heterocycles. The summed E-state index contributed by atoms with van der Waals surface area (Å²) in [5, 5.41) is 8.64. The highest BCUT2D eigenvalue weighted by molar-refractivity contribution is 6.31. The molecule has 1 aromatic heterocycles. The number of nitrogens with one attached hydrogen (secondary N) is 1. The van der Waals surface area contributed by atoms with E-state index in [4.69, 9.17) is 11.6 Å². The van der Waals surface area contributed by atoms with Crippen LogP contribution in [0.4, 0.5) is 0 Å². The lowest BCUT2D eigenvalue weighted by Crippen LogP contribution is -2.23. The minimum absolute atomic E-state index is 0.258. The summed E-state index contributed by atoms with van der Waals surface area (Å²) >= 11 is 6.25. The second kappa shape index (κ2) is 6.73. The van der Waals surface area contributed by atoms with Gasteiger partial charge >= 0.3 is 0 Å². The average molecular weight is 278 g/mol. The van der Waals surface area contributed by atoms with Gasteiger partial charge in [0.05, 0.1) is 6.20 Å². The Hall–Kier alpha value is -1.32. The molecule has 1 heterocycles. The van der Waals surface area contributed by atoms with Crippen LogP contribution in [0.1, 0.15) is 30.5 Å². The van der Waals surface area contributed by atoms with Crippen molar-refractivity contribution in [2.75, 3.05) is 6.54 Å². The van der Waals surface area contributed by atoms with Gasteiger partial charge in [-0.1, -0.05) is 36.7 Å². The number of nitrogens with zero attached hydrogens (tertiary/aromatic N) is 2. The van der Waals surface area contributed by atoms with E-state index in [1.807, 2.05) is 36.1 Å². The van der Waals surface area contributed by atoms with Crippen LogP contribution in [0.15, 0.2) is 36.7 Å². The van der Waals surface area contributed by atoms with Gasteiger partial charge in [0.2, 0.25) is 0 Å². The molecule has 0 bridgehead atoms. The van der Waals surface area contributed by atoms with Crippen LogP contribution in [-0.4, -0.2) is 16.3 Å². The van der Waals surface area contributed by atoms with E-state index in [1.165, 1.54) is 11.1 Å². The lowest BCUT2D eigenvalue weighted by atomic mass is 10.0. The Balaban J connectivity index is 2.16. The first-order chi connectivity index (χ1) is 9.20. The molecule has 102 valence electrons. The van der Waals surface area contributed by atoms with E-state index in [1.54, 1.807) is 0 Å². The number of aryl methyl sites for hydroxylation is 1. The van der Waals surface area contributed by atoms with Crippen molar-refractivity contribution in [2.45, 2.75) is 25.8 Å². The van der Waals surface area contributed by atoms with Gasteiger partial charge in [-0.2, -0.15) is 5.10 Å². The molecule has 0 spiro atoms. The summed E-state index contributed by atoms with van der Waals surface area (Å²) in [4.78, 5) is 0. The summed E-state index contributed by atoms with van der Waals surface area (Å²) in [7, 11) is 1.94. The first kappa shape index (κ1) is 14.1. The van der Waals surface area contributed by atoms with Gasteiger partial charge < -0.3 is 5.32 Å². The second-order valence-electron chi connectivity index (χ2n) is 4.75. The number of hydrogen-bond donors (Lipinski definition) is 1. The van der Waals surface area contributed by atoms with Gasteiger partial charge in [-0.25, -0.2) is 0 Å². The molecule has 0 radical (unpaired) electrons. The summed E-state index contributed by atoms with van der Waals surface area (Å²) in [5.74, 6) is 0. The van der Waals surface area contributed by atoms with Crippen LogP contribution in [-0.2, 0) is 13.5 Å². The highest BCUT2D eigenvalue weighted by Crippen LogP contribution is 2.23. The predicted octanol–water partition coefficient (Wildman–Crippen LogP) is 3.36. The zero-order chi connectivity index (χ0) is 13.7. The van der Waals surface area contributed by atoms with Crippen LogP contribution in [0.3, 0.4) is 0 Å². The molecule has 2 rings (SSSR count). The zero-order valence-corrected chi connectivity index (χ0v) is 12.2. The maximum absolute atomic E-state index is 6.25. The first-order valence-electron chi connectivity index (χ1n) is 6.66. The fourth-order valence-electron chi connectivity index (χ4n) is 2.13. The molecule has 0 amide bonds. The molecule has 1 N–H and O–H groups in total. The van der Waals surface area contributed by atoms with Crippen molar-refractivity contribution in [3.63, 3.8) is 0 Å². The van der Waals surface area contributed by atoms with Gasteiger partial charge in [-0.15, -0.1) is 0 Å². The Bertz CT molecular complexity index is 522. The van der Waals surface area contributed by atoms with Crippen LogP contribution < -0.4 is 5.32 Å². The summed E-state index contributed by atoms with van der Waals surface area (Å²) in [6, 6.07) is 8.27. The second-order valence-corrected chi connectivity index (χ2v) is 5.16. The van der Waals surface area contributed by atoms with Gasteiger partial charge in [0.1, 0.15) is 0 Å². The average Bonchev–Trinajstić information content (AvgIpc) is 2.83. The highest BCUT2D eigenvalue weighted by Gasteiger charge is 2.14. The molecule has 3 nitrogen and oxygen atoms in total. The molecule has 2 aromatic rings. The normalized spacial score (nSPS) is 12.6. The minimum atomic E-state index is 0.258. The van der Waals surface area contributed by atoms with E-state index >= 15 is 0 Å². The van der Waals surface area contributed by atoms with E-state index in [0.29, 0.717) is 0 Å².